The number of hydrogen-bond acceptors (Lipinski definition) is 2. The molecule has 0 N–H and O–H groups in total. The zero-order chi connectivity index (χ0) is 13.7. The quantitative estimate of drug-likeness (QED) is 0.562. The Kier molecular flexibility index (Phi) is 5.32. The smallest absolute Gasteiger partial charge is 0.151 e. The normalized spacial score (nSPS) is 10.4. The average Bonchev–Trinajstić information content (AvgIpc) is 2.42. The maximum atomic E-state index is 11.0. The fraction of sp³-hybridized carbons (Fsp3) is 0.133. The maximum Gasteiger partial charge on any atom is 0.151 e. The van der Waals surface area contributed by atoms with Crippen molar-refractivity contribution in [1.29, 1.82) is 0 Å². The third-order valence-corrected chi connectivity index (χ3v) is 4.24. The Morgan fingerprint density at radius 1 is 1.00 bits per heavy atom. The lowest BCUT2D eigenvalue weighted by Gasteiger charge is -2.05. The van der Waals surface area contributed by atoms with Crippen LogP contribution in [0.4, 0.5) is 0 Å². The van der Waals surface area contributed by atoms with Gasteiger partial charge in [0.15, 0.2) is 6.29 Å². The van der Waals surface area contributed by atoms with E-state index in [1.807, 2.05) is 30.3 Å². The van der Waals surface area contributed by atoms with Crippen molar-refractivity contribution in [1.82, 2.24) is 0 Å². The van der Waals surface area contributed by atoms with Gasteiger partial charge in [-0.1, -0.05) is 35.3 Å². The van der Waals surface area contributed by atoms with Gasteiger partial charge in [-0.25, -0.2) is 0 Å². The van der Waals surface area contributed by atoms with Gasteiger partial charge in [-0.3, -0.25) is 4.79 Å². The van der Waals surface area contributed by atoms with Gasteiger partial charge in [0.2, 0.25) is 0 Å². The van der Waals surface area contributed by atoms with Crippen LogP contribution in [0, 0.1) is 0 Å². The van der Waals surface area contributed by atoms with E-state index < -0.39 is 0 Å². The highest BCUT2D eigenvalue weighted by Gasteiger charge is 2.03. The number of halogens is 2. The molecule has 0 aromatic heterocycles. The number of carbonyl (C=O) groups is 1. The first-order valence-corrected chi connectivity index (χ1v) is 7.55. The second-order valence-corrected chi connectivity index (χ2v) is 6.03. The van der Waals surface area contributed by atoms with E-state index in [-0.39, 0.29) is 0 Å². The molecular weight excluding hydrogens is 299 g/mol. The van der Waals surface area contributed by atoms with Gasteiger partial charge < -0.3 is 0 Å². The summed E-state index contributed by atoms with van der Waals surface area (Å²) in [6.07, 6.45) is 1.78. The minimum absolute atomic E-state index is 0.587. The second kappa shape index (κ2) is 6.99. The number of benzene rings is 2. The van der Waals surface area contributed by atoms with Crippen LogP contribution in [-0.4, -0.2) is 12.0 Å². The van der Waals surface area contributed by atoms with Crippen molar-refractivity contribution in [2.24, 2.45) is 0 Å². The summed E-state index contributed by atoms with van der Waals surface area (Å²) in [7, 11) is 0. The molecule has 0 aliphatic carbocycles. The van der Waals surface area contributed by atoms with Crippen molar-refractivity contribution in [2.45, 2.75) is 11.3 Å². The fourth-order valence-electron chi connectivity index (χ4n) is 1.67. The van der Waals surface area contributed by atoms with Gasteiger partial charge in [0, 0.05) is 26.3 Å². The SMILES string of the molecule is O=Cc1cc(Cl)ccc1SCCc1ccc(Cl)cc1. The van der Waals surface area contributed by atoms with Gasteiger partial charge in [0.1, 0.15) is 0 Å². The topological polar surface area (TPSA) is 17.1 Å². The Morgan fingerprint density at radius 2 is 1.68 bits per heavy atom. The molecule has 0 atom stereocenters. The molecule has 1 nitrogen and oxygen atoms in total. The standard InChI is InChI=1S/C15H12Cl2OS/c16-13-3-1-11(2-4-13)7-8-19-15-6-5-14(17)9-12(15)10-18/h1-6,9-10H,7-8H2. The van der Waals surface area contributed by atoms with Gasteiger partial charge in [0.05, 0.1) is 0 Å². The van der Waals surface area contributed by atoms with Gasteiger partial charge in [-0.15, -0.1) is 11.8 Å². The van der Waals surface area contributed by atoms with E-state index in [0.29, 0.717) is 10.6 Å². The Bertz CT molecular complexity index is 567. The first kappa shape index (κ1) is 14.4. The Balaban J connectivity index is 1.95. The molecule has 98 valence electrons. The molecule has 0 saturated carbocycles. The van der Waals surface area contributed by atoms with E-state index in [1.165, 1.54) is 5.56 Å². The van der Waals surface area contributed by atoms with Gasteiger partial charge in [-0.05, 0) is 42.3 Å². The van der Waals surface area contributed by atoms with E-state index in [0.717, 1.165) is 28.4 Å². The van der Waals surface area contributed by atoms with Crippen LogP contribution in [0.2, 0.25) is 10.0 Å². The molecule has 0 bridgehead atoms. The predicted octanol–water partition coefficient (Wildman–Crippen LogP) is 5.14. The molecule has 0 aliphatic rings. The molecular formula is C15H12Cl2OS. The molecule has 0 heterocycles. The molecule has 0 fully saturated rings. The molecule has 0 aliphatic heterocycles. The van der Waals surface area contributed by atoms with Crippen LogP contribution in [0.5, 0.6) is 0 Å². The Morgan fingerprint density at radius 3 is 2.37 bits per heavy atom. The summed E-state index contributed by atoms with van der Waals surface area (Å²) in [5, 5.41) is 1.33. The molecule has 19 heavy (non-hydrogen) atoms. The van der Waals surface area contributed by atoms with Crippen molar-refractivity contribution in [3.8, 4) is 0 Å². The van der Waals surface area contributed by atoms with Crippen molar-refractivity contribution in [2.75, 3.05) is 5.75 Å². The lowest BCUT2D eigenvalue weighted by Crippen LogP contribution is -1.91. The van der Waals surface area contributed by atoms with Crippen LogP contribution in [0.15, 0.2) is 47.4 Å². The molecule has 2 aromatic carbocycles. The van der Waals surface area contributed by atoms with Crippen molar-refractivity contribution in [3.05, 3.63) is 63.6 Å². The molecule has 0 amide bonds. The third kappa shape index (κ3) is 4.27. The van der Waals surface area contributed by atoms with Crippen LogP contribution >= 0.6 is 35.0 Å². The molecule has 2 rings (SSSR count). The highest BCUT2D eigenvalue weighted by Crippen LogP contribution is 2.25. The van der Waals surface area contributed by atoms with Crippen LogP contribution in [0.3, 0.4) is 0 Å². The second-order valence-electron chi connectivity index (χ2n) is 4.02. The minimum atomic E-state index is 0.587. The summed E-state index contributed by atoms with van der Waals surface area (Å²) in [6.45, 7) is 0. The van der Waals surface area contributed by atoms with E-state index in [9.17, 15) is 4.79 Å². The zero-order valence-electron chi connectivity index (χ0n) is 10.1. The minimum Gasteiger partial charge on any atom is -0.298 e. The third-order valence-electron chi connectivity index (χ3n) is 2.66. The summed E-state index contributed by atoms with van der Waals surface area (Å²) in [5.74, 6) is 0.907. The number of aryl methyl sites for hydroxylation is 1. The van der Waals surface area contributed by atoms with Crippen LogP contribution < -0.4 is 0 Å². The summed E-state index contributed by atoms with van der Waals surface area (Å²) in [6, 6.07) is 13.2. The summed E-state index contributed by atoms with van der Waals surface area (Å²) >= 11 is 13.4. The number of hydrogen-bond donors (Lipinski definition) is 0. The highest BCUT2D eigenvalue weighted by molar-refractivity contribution is 7.99. The zero-order valence-corrected chi connectivity index (χ0v) is 12.4. The van der Waals surface area contributed by atoms with Crippen LogP contribution in [0.25, 0.3) is 0 Å². The van der Waals surface area contributed by atoms with Crippen LogP contribution in [0.1, 0.15) is 15.9 Å². The van der Waals surface area contributed by atoms with E-state index in [1.54, 1.807) is 23.9 Å². The summed E-state index contributed by atoms with van der Waals surface area (Å²) < 4.78 is 0. The summed E-state index contributed by atoms with van der Waals surface area (Å²) in [4.78, 5) is 11.9. The highest BCUT2D eigenvalue weighted by atomic mass is 35.5. The van der Waals surface area contributed by atoms with Crippen LogP contribution in [-0.2, 0) is 6.42 Å². The predicted molar refractivity (Wildman–Crippen MR) is 82.7 cm³/mol. The van der Waals surface area contributed by atoms with E-state index in [2.05, 4.69) is 0 Å². The first-order chi connectivity index (χ1) is 9.19. The average molecular weight is 311 g/mol. The van der Waals surface area contributed by atoms with Gasteiger partial charge >= 0.3 is 0 Å². The first-order valence-electron chi connectivity index (χ1n) is 5.81. The molecule has 0 saturated heterocycles. The number of thioether (sulfide) groups is 1. The fourth-order valence-corrected chi connectivity index (χ4v) is 2.97. The van der Waals surface area contributed by atoms with E-state index in [4.69, 9.17) is 23.2 Å². The van der Waals surface area contributed by atoms with Crippen molar-refractivity contribution < 1.29 is 4.79 Å². The Hall–Kier alpha value is -0.960. The molecule has 2 aromatic rings. The molecule has 4 heteroatoms. The summed E-state index contributed by atoms with van der Waals surface area (Å²) in [5.41, 5.74) is 1.88. The monoisotopic (exact) mass is 310 g/mol. The van der Waals surface area contributed by atoms with E-state index >= 15 is 0 Å². The number of carbonyl (C=O) groups excluding carboxylic acids is 1. The Labute approximate surface area is 126 Å². The lowest BCUT2D eigenvalue weighted by molar-refractivity contribution is 0.112. The van der Waals surface area contributed by atoms with Crippen molar-refractivity contribution >= 4 is 41.2 Å². The molecule has 0 spiro atoms. The number of aldehydes is 1. The number of rotatable bonds is 5. The lowest BCUT2D eigenvalue weighted by atomic mass is 10.2. The molecule has 0 radical (unpaired) electrons. The van der Waals surface area contributed by atoms with Gasteiger partial charge in [-0.2, -0.15) is 0 Å². The maximum absolute atomic E-state index is 11.0. The largest absolute Gasteiger partial charge is 0.298 e. The molecule has 0 unspecified atom stereocenters. The van der Waals surface area contributed by atoms with Gasteiger partial charge in [0.25, 0.3) is 0 Å². The van der Waals surface area contributed by atoms with Crippen molar-refractivity contribution in [3.63, 3.8) is 0 Å².